The predicted molar refractivity (Wildman–Crippen MR) is 93.8 cm³/mol. The summed E-state index contributed by atoms with van der Waals surface area (Å²) in [5.41, 5.74) is 0.801. The number of anilines is 1. The molecule has 0 amide bonds. The molecule has 0 saturated carbocycles. The Bertz CT molecular complexity index is 720. The van der Waals surface area contributed by atoms with E-state index in [0.717, 1.165) is 56.0 Å². The molecule has 6 heteroatoms. The molecule has 24 heavy (non-hydrogen) atoms. The second kappa shape index (κ2) is 6.26. The van der Waals surface area contributed by atoms with Crippen LogP contribution in [0.25, 0.3) is 10.9 Å². The standard InChI is InChI=1S/C18H24FN5/c1-13(2)22-5-7-23(8-6-22)15-10-24(11-15)18-16-9-14(19)3-4-17(16)20-12-21-18/h3-4,9,12-13,15H,5-8,10-11H2,1-2H3. The lowest BCUT2D eigenvalue weighted by Crippen LogP contribution is -2.63. The molecule has 4 rings (SSSR count). The maximum absolute atomic E-state index is 13.6. The molecule has 0 bridgehead atoms. The number of nitrogens with zero attached hydrogens (tertiary/aromatic N) is 5. The van der Waals surface area contributed by atoms with Gasteiger partial charge in [0.25, 0.3) is 0 Å². The van der Waals surface area contributed by atoms with E-state index in [1.165, 1.54) is 6.07 Å². The van der Waals surface area contributed by atoms with Gasteiger partial charge in [-0.2, -0.15) is 0 Å². The third-order valence-corrected chi connectivity index (χ3v) is 5.33. The lowest BCUT2D eigenvalue weighted by Gasteiger charge is -2.49. The van der Waals surface area contributed by atoms with Gasteiger partial charge in [-0.1, -0.05) is 0 Å². The number of rotatable bonds is 3. The molecule has 2 aliphatic rings. The third kappa shape index (κ3) is 2.84. The van der Waals surface area contributed by atoms with E-state index in [-0.39, 0.29) is 5.82 Å². The fourth-order valence-corrected chi connectivity index (χ4v) is 3.75. The molecule has 0 aliphatic carbocycles. The zero-order chi connectivity index (χ0) is 16.7. The molecule has 0 radical (unpaired) electrons. The molecule has 2 aliphatic heterocycles. The Morgan fingerprint density at radius 2 is 1.83 bits per heavy atom. The van der Waals surface area contributed by atoms with Crippen LogP contribution >= 0.6 is 0 Å². The van der Waals surface area contributed by atoms with Crippen molar-refractivity contribution >= 4 is 16.7 Å². The Labute approximate surface area is 142 Å². The Morgan fingerprint density at radius 1 is 1.08 bits per heavy atom. The van der Waals surface area contributed by atoms with E-state index in [1.54, 1.807) is 18.5 Å². The number of fused-ring (bicyclic) bond motifs is 1. The molecule has 2 aromatic rings. The van der Waals surface area contributed by atoms with Crippen molar-refractivity contribution < 1.29 is 4.39 Å². The van der Waals surface area contributed by atoms with Crippen molar-refractivity contribution in [2.75, 3.05) is 44.2 Å². The molecule has 2 saturated heterocycles. The first-order valence-corrected chi connectivity index (χ1v) is 8.75. The van der Waals surface area contributed by atoms with Crippen LogP contribution in [-0.2, 0) is 0 Å². The van der Waals surface area contributed by atoms with Gasteiger partial charge in [0.15, 0.2) is 0 Å². The van der Waals surface area contributed by atoms with Crippen LogP contribution in [0.2, 0.25) is 0 Å². The number of aromatic nitrogens is 2. The molecule has 0 spiro atoms. The fourth-order valence-electron chi connectivity index (χ4n) is 3.75. The van der Waals surface area contributed by atoms with Crippen LogP contribution in [0.1, 0.15) is 13.8 Å². The van der Waals surface area contributed by atoms with Crippen molar-refractivity contribution in [3.8, 4) is 0 Å². The Morgan fingerprint density at radius 3 is 2.54 bits per heavy atom. The first-order valence-electron chi connectivity index (χ1n) is 8.75. The fraction of sp³-hybridized carbons (Fsp3) is 0.556. The topological polar surface area (TPSA) is 35.5 Å². The van der Waals surface area contributed by atoms with E-state index >= 15 is 0 Å². The summed E-state index contributed by atoms with van der Waals surface area (Å²) < 4.78 is 13.6. The minimum Gasteiger partial charge on any atom is -0.353 e. The van der Waals surface area contributed by atoms with Gasteiger partial charge in [-0.05, 0) is 32.0 Å². The highest BCUT2D eigenvalue weighted by atomic mass is 19.1. The SMILES string of the molecule is CC(C)N1CCN(C2CN(c3ncnc4ccc(F)cc34)C2)CC1. The van der Waals surface area contributed by atoms with Crippen molar-refractivity contribution in [3.05, 3.63) is 30.3 Å². The van der Waals surface area contributed by atoms with E-state index in [9.17, 15) is 4.39 Å². The molecule has 1 aromatic heterocycles. The summed E-state index contributed by atoms with van der Waals surface area (Å²) in [6.45, 7) is 11.0. The summed E-state index contributed by atoms with van der Waals surface area (Å²) in [6.07, 6.45) is 1.57. The smallest absolute Gasteiger partial charge is 0.140 e. The second-order valence-corrected chi connectivity index (χ2v) is 7.08. The molecule has 1 aromatic carbocycles. The average Bonchev–Trinajstić information content (AvgIpc) is 2.54. The highest BCUT2D eigenvalue weighted by Crippen LogP contribution is 2.29. The summed E-state index contributed by atoms with van der Waals surface area (Å²) in [5, 5.41) is 0.806. The molecule has 0 N–H and O–H groups in total. The van der Waals surface area contributed by atoms with E-state index in [4.69, 9.17) is 0 Å². The van der Waals surface area contributed by atoms with Crippen LogP contribution in [0.4, 0.5) is 10.2 Å². The van der Waals surface area contributed by atoms with Gasteiger partial charge < -0.3 is 4.90 Å². The van der Waals surface area contributed by atoms with Gasteiger partial charge in [0.1, 0.15) is 18.0 Å². The van der Waals surface area contributed by atoms with Gasteiger partial charge in [0.2, 0.25) is 0 Å². The normalized spacial score (nSPS) is 20.8. The lowest BCUT2D eigenvalue weighted by atomic mass is 10.0. The Balaban J connectivity index is 1.42. The average molecular weight is 329 g/mol. The van der Waals surface area contributed by atoms with E-state index in [1.807, 2.05) is 0 Å². The van der Waals surface area contributed by atoms with Crippen LogP contribution in [0.5, 0.6) is 0 Å². The molecule has 2 fully saturated rings. The largest absolute Gasteiger partial charge is 0.353 e. The summed E-state index contributed by atoms with van der Waals surface area (Å²) in [5.74, 6) is 0.622. The van der Waals surface area contributed by atoms with Crippen molar-refractivity contribution in [1.82, 2.24) is 19.8 Å². The van der Waals surface area contributed by atoms with Gasteiger partial charge >= 0.3 is 0 Å². The summed E-state index contributed by atoms with van der Waals surface area (Å²) >= 11 is 0. The maximum atomic E-state index is 13.6. The van der Waals surface area contributed by atoms with E-state index in [2.05, 4.69) is 38.5 Å². The van der Waals surface area contributed by atoms with E-state index in [0.29, 0.717) is 12.1 Å². The first kappa shape index (κ1) is 15.7. The molecule has 128 valence electrons. The van der Waals surface area contributed by atoms with Gasteiger partial charge in [0.05, 0.1) is 5.52 Å². The van der Waals surface area contributed by atoms with Crippen LogP contribution in [0.3, 0.4) is 0 Å². The van der Waals surface area contributed by atoms with Crippen LogP contribution < -0.4 is 4.90 Å². The van der Waals surface area contributed by atoms with E-state index < -0.39 is 0 Å². The minimum atomic E-state index is -0.236. The zero-order valence-corrected chi connectivity index (χ0v) is 14.3. The number of hydrogen-bond acceptors (Lipinski definition) is 5. The molecule has 0 atom stereocenters. The third-order valence-electron chi connectivity index (χ3n) is 5.33. The van der Waals surface area contributed by atoms with Gasteiger partial charge in [0, 0.05) is 56.7 Å². The minimum absolute atomic E-state index is 0.236. The molecular weight excluding hydrogens is 305 g/mol. The van der Waals surface area contributed by atoms with Crippen molar-refractivity contribution in [2.45, 2.75) is 25.9 Å². The zero-order valence-electron chi connectivity index (χ0n) is 14.3. The van der Waals surface area contributed by atoms with Gasteiger partial charge in [-0.3, -0.25) is 9.80 Å². The monoisotopic (exact) mass is 329 g/mol. The number of benzene rings is 1. The maximum Gasteiger partial charge on any atom is 0.140 e. The second-order valence-electron chi connectivity index (χ2n) is 7.08. The van der Waals surface area contributed by atoms with Gasteiger partial charge in [-0.25, -0.2) is 14.4 Å². The van der Waals surface area contributed by atoms with Crippen LogP contribution in [-0.4, -0.2) is 71.1 Å². The Hall–Kier alpha value is -1.79. The first-order chi connectivity index (χ1) is 11.6. The Kier molecular flexibility index (Phi) is 4.10. The molecular formula is C18H24FN5. The number of halogens is 1. The number of piperazine rings is 1. The van der Waals surface area contributed by atoms with Gasteiger partial charge in [-0.15, -0.1) is 0 Å². The highest BCUT2D eigenvalue weighted by molar-refractivity contribution is 5.89. The molecule has 3 heterocycles. The van der Waals surface area contributed by atoms with Crippen LogP contribution in [0, 0.1) is 5.82 Å². The molecule has 5 nitrogen and oxygen atoms in total. The summed E-state index contributed by atoms with van der Waals surface area (Å²) in [7, 11) is 0. The summed E-state index contributed by atoms with van der Waals surface area (Å²) in [4.78, 5) is 16.0. The highest BCUT2D eigenvalue weighted by Gasteiger charge is 2.35. The van der Waals surface area contributed by atoms with Crippen molar-refractivity contribution in [3.63, 3.8) is 0 Å². The van der Waals surface area contributed by atoms with Crippen molar-refractivity contribution in [1.29, 1.82) is 0 Å². The number of hydrogen-bond donors (Lipinski definition) is 0. The lowest BCUT2D eigenvalue weighted by molar-refractivity contribution is 0.0677. The predicted octanol–water partition coefficient (Wildman–Crippen LogP) is 1.98. The molecule has 0 unspecified atom stereocenters. The summed E-state index contributed by atoms with van der Waals surface area (Å²) in [6, 6.07) is 5.93. The van der Waals surface area contributed by atoms with Crippen LogP contribution in [0.15, 0.2) is 24.5 Å². The quantitative estimate of drug-likeness (QED) is 0.860. The van der Waals surface area contributed by atoms with Crippen molar-refractivity contribution in [2.24, 2.45) is 0 Å².